The van der Waals surface area contributed by atoms with Gasteiger partial charge in [0.2, 0.25) is 0 Å². The highest BCUT2D eigenvalue weighted by Gasteiger charge is 2.03. The summed E-state index contributed by atoms with van der Waals surface area (Å²) in [5.41, 5.74) is 0. The third kappa shape index (κ3) is 4.66. The number of nitrogens with zero attached hydrogens (tertiary/aromatic N) is 1. The minimum absolute atomic E-state index is 0.00484. The molecule has 0 spiro atoms. The van der Waals surface area contributed by atoms with Crippen LogP contribution >= 0.6 is 11.8 Å². The fourth-order valence-corrected chi connectivity index (χ4v) is 1.13. The Kier molecular flexibility index (Phi) is 6.78. The third-order valence-electron chi connectivity index (χ3n) is 1.30. The Bertz CT molecular complexity index is 111. The van der Waals surface area contributed by atoms with E-state index in [2.05, 4.69) is 6.07 Å². The fraction of sp³-hybridized carbons (Fsp3) is 0.857. The van der Waals surface area contributed by atoms with E-state index < -0.39 is 0 Å². The number of hydrogen-bond acceptors (Lipinski definition) is 3. The molecule has 10 heavy (non-hydrogen) atoms. The molecule has 0 fully saturated rings. The van der Waals surface area contributed by atoms with E-state index >= 15 is 0 Å². The van der Waals surface area contributed by atoms with E-state index in [-0.39, 0.29) is 12.5 Å². The number of rotatable bonds is 5. The lowest BCUT2D eigenvalue weighted by atomic mass is 10.1. The average Bonchev–Trinajstić information content (AvgIpc) is 1.99. The van der Waals surface area contributed by atoms with E-state index in [1.807, 2.05) is 6.26 Å². The van der Waals surface area contributed by atoms with Gasteiger partial charge < -0.3 is 5.11 Å². The number of hydrogen-bond donors (Lipinski definition) is 1. The molecule has 0 aromatic rings. The van der Waals surface area contributed by atoms with Gasteiger partial charge in [0.25, 0.3) is 0 Å². The molecule has 0 aliphatic heterocycles. The predicted molar refractivity (Wildman–Crippen MR) is 43.8 cm³/mol. The van der Waals surface area contributed by atoms with Gasteiger partial charge in [0.05, 0.1) is 18.6 Å². The van der Waals surface area contributed by atoms with Crippen molar-refractivity contribution in [3.8, 4) is 6.07 Å². The molecule has 0 radical (unpaired) electrons. The van der Waals surface area contributed by atoms with Crippen molar-refractivity contribution in [2.24, 2.45) is 5.92 Å². The van der Waals surface area contributed by atoms with E-state index in [0.717, 1.165) is 18.6 Å². The first kappa shape index (κ1) is 9.80. The maximum Gasteiger partial charge on any atom is 0.0694 e. The minimum atomic E-state index is -0.146. The highest BCUT2D eigenvalue weighted by Crippen LogP contribution is 2.07. The second-order valence-electron chi connectivity index (χ2n) is 2.14. The molecule has 1 unspecified atom stereocenters. The molecule has 0 aliphatic carbocycles. The molecule has 2 nitrogen and oxygen atoms in total. The Labute approximate surface area is 66.2 Å². The lowest BCUT2D eigenvalue weighted by Gasteiger charge is -2.02. The normalized spacial score (nSPS) is 12.5. The van der Waals surface area contributed by atoms with Gasteiger partial charge in [-0.2, -0.15) is 17.0 Å². The summed E-state index contributed by atoms with van der Waals surface area (Å²) in [5.74, 6) is 0.935. The quantitative estimate of drug-likeness (QED) is 0.614. The maximum atomic E-state index is 8.60. The fourth-order valence-electron chi connectivity index (χ4n) is 0.671. The van der Waals surface area contributed by atoms with Crippen molar-refractivity contribution in [2.45, 2.75) is 12.8 Å². The standard InChI is InChI=1S/C7H13NOS/c1-10-4-2-3-7(5-8)6-9/h7,9H,2-4,6H2,1H3. The monoisotopic (exact) mass is 159 g/mol. The Morgan fingerprint density at radius 2 is 2.40 bits per heavy atom. The minimum Gasteiger partial charge on any atom is -0.395 e. The molecular weight excluding hydrogens is 146 g/mol. The summed E-state index contributed by atoms with van der Waals surface area (Å²) >= 11 is 1.77. The molecule has 0 aliphatic rings. The van der Waals surface area contributed by atoms with Crippen molar-refractivity contribution in [1.82, 2.24) is 0 Å². The number of thioether (sulfide) groups is 1. The van der Waals surface area contributed by atoms with Crippen molar-refractivity contribution in [1.29, 1.82) is 5.26 Å². The highest BCUT2D eigenvalue weighted by molar-refractivity contribution is 7.98. The topological polar surface area (TPSA) is 44.0 Å². The van der Waals surface area contributed by atoms with Crippen LogP contribution in [-0.4, -0.2) is 23.7 Å². The van der Waals surface area contributed by atoms with Crippen molar-refractivity contribution in [3.05, 3.63) is 0 Å². The Hall–Kier alpha value is -0.200. The predicted octanol–water partition coefficient (Wildman–Crippen LogP) is 1.26. The first-order valence-electron chi connectivity index (χ1n) is 3.34. The molecule has 0 aromatic heterocycles. The van der Waals surface area contributed by atoms with Gasteiger partial charge in [0.15, 0.2) is 0 Å². The lowest BCUT2D eigenvalue weighted by Crippen LogP contribution is -2.02. The molecule has 0 aromatic carbocycles. The van der Waals surface area contributed by atoms with E-state index in [1.165, 1.54) is 0 Å². The van der Waals surface area contributed by atoms with Gasteiger partial charge in [0.1, 0.15) is 0 Å². The Morgan fingerprint density at radius 1 is 1.70 bits per heavy atom. The molecule has 1 atom stereocenters. The van der Waals surface area contributed by atoms with Crippen LogP contribution in [-0.2, 0) is 0 Å². The first-order chi connectivity index (χ1) is 4.85. The van der Waals surface area contributed by atoms with Gasteiger partial charge in [0, 0.05) is 0 Å². The molecule has 0 saturated heterocycles. The number of aliphatic hydroxyl groups is 1. The van der Waals surface area contributed by atoms with Crippen molar-refractivity contribution < 1.29 is 5.11 Å². The maximum absolute atomic E-state index is 8.60. The van der Waals surface area contributed by atoms with Gasteiger partial charge >= 0.3 is 0 Å². The average molecular weight is 159 g/mol. The molecule has 0 saturated carbocycles. The molecule has 0 rings (SSSR count). The second-order valence-corrected chi connectivity index (χ2v) is 3.13. The van der Waals surface area contributed by atoms with Crippen LogP contribution in [0.5, 0.6) is 0 Å². The summed E-state index contributed by atoms with van der Waals surface area (Å²) in [5, 5.41) is 17.0. The zero-order chi connectivity index (χ0) is 7.82. The molecule has 3 heteroatoms. The van der Waals surface area contributed by atoms with Crippen LogP contribution in [0.2, 0.25) is 0 Å². The lowest BCUT2D eigenvalue weighted by molar-refractivity contribution is 0.249. The van der Waals surface area contributed by atoms with Crippen molar-refractivity contribution in [2.75, 3.05) is 18.6 Å². The van der Waals surface area contributed by atoms with E-state index in [9.17, 15) is 0 Å². The van der Waals surface area contributed by atoms with Crippen LogP contribution in [0.4, 0.5) is 0 Å². The molecular formula is C7H13NOS. The van der Waals surface area contributed by atoms with Crippen LogP contribution in [0.25, 0.3) is 0 Å². The molecule has 1 N–H and O–H groups in total. The van der Waals surface area contributed by atoms with Gasteiger partial charge in [-0.1, -0.05) is 0 Å². The van der Waals surface area contributed by atoms with Gasteiger partial charge in [-0.05, 0) is 24.9 Å². The molecule has 0 bridgehead atoms. The van der Waals surface area contributed by atoms with Gasteiger partial charge in [-0.15, -0.1) is 0 Å². The molecule has 0 heterocycles. The zero-order valence-electron chi connectivity index (χ0n) is 6.21. The van der Waals surface area contributed by atoms with Gasteiger partial charge in [-0.3, -0.25) is 0 Å². The summed E-state index contributed by atoms with van der Waals surface area (Å²) in [6.45, 7) is 0.00484. The SMILES string of the molecule is CSCCCC(C#N)CO. The summed E-state index contributed by atoms with van der Waals surface area (Å²) in [7, 11) is 0. The van der Waals surface area contributed by atoms with Crippen LogP contribution in [0, 0.1) is 17.2 Å². The van der Waals surface area contributed by atoms with Crippen LogP contribution in [0.3, 0.4) is 0 Å². The van der Waals surface area contributed by atoms with E-state index in [1.54, 1.807) is 11.8 Å². The highest BCUT2D eigenvalue weighted by atomic mass is 32.2. The zero-order valence-corrected chi connectivity index (χ0v) is 7.02. The Balaban J connectivity index is 3.20. The van der Waals surface area contributed by atoms with Crippen molar-refractivity contribution in [3.63, 3.8) is 0 Å². The smallest absolute Gasteiger partial charge is 0.0694 e. The van der Waals surface area contributed by atoms with Crippen LogP contribution in [0.15, 0.2) is 0 Å². The number of aliphatic hydroxyl groups excluding tert-OH is 1. The molecule has 58 valence electrons. The molecule has 0 amide bonds. The number of nitriles is 1. The van der Waals surface area contributed by atoms with Crippen LogP contribution < -0.4 is 0 Å². The first-order valence-corrected chi connectivity index (χ1v) is 4.74. The summed E-state index contributed by atoms with van der Waals surface area (Å²) in [6.07, 6.45) is 3.90. The summed E-state index contributed by atoms with van der Waals surface area (Å²) in [4.78, 5) is 0. The summed E-state index contributed by atoms with van der Waals surface area (Å²) < 4.78 is 0. The largest absolute Gasteiger partial charge is 0.395 e. The Morgan fingerprint density at radius 3 is 2.80 bits per heavy atom. The van der Waals surface area contributed by atoms with Crippen molar-refractivity contribution >= 4 is 11.8 Å². The van der Waals surface area contributed by atoms with E-state index in [4.69, 9.17) is 10.4 Å². The van der Waals surface area contributed by atoms with E-state index in [0.29, 0.717) is 0 Å². The summed E-state index contributed by atoms with van der Waals surface area (Å²) in [6, 6.07) is 2.05. The van der Waals surface area contributed by atoms with Crippen LogP contribution in [0.1, 0.15) is 12.8 Å². The second kappa shape index (κ2) is 6.91. The third-order valence-corrected chi connectivity index (χ3v) is 2.00. The van der Waals surface area contributed by atoms with Gasteiger partial charge in [-0.25, -0.2) is 0 Å².